The molecule has 1 aliphatic rings. The highest BCUT2D eigenvalue weighted by atomic mass is 16.6. The number of carbonyl (C=O) groups is 1. The van der Waals surface area contributed by atoms with Crippen LogP contribution in [0.3, 0.4) is 0 Å². The lowest BCUT2D eigenvalue weighted by Gasteiger charge is -2.32. The molecule has 0 bridgehead atoms. The molecule has 4 rings (SSSR count). The van der Waals surface area contributed by atoms with Gasteiger partial charge in [0.15, 0.2) is 0 Å². The lowest BCUT2D eigenvalue weighted by molar-refractivity contribution is -0.150. The first-order valence-electron chi connectivity index (χ1n) is 10.9. The highest BCUT2D eigenvalue weighted by Crippen LogP contribution is 2.43. The van der Waals surface area contributed by atoms with E-state index < -0.39 is 0 Å². The second kappa shape index (κ2) is 8.26. The standard InChI is InChI=1S/C27H30O4/c1-6-18-9-7-8-10-21(18)23-15-19-11-12-20(16-22(19)30-23)29-24-13-14-25(27(24,4)5)31-26(28)17(2)3/h7-12,15-16,24-25H,2,6,13-14H2,1,3-5H3. The van der Waals surface area contributed by atoms with E-state index in [1.54, 1.807) is 6.92 Å². The summed E-state index contributed by atoms with van der Waals surface area (Å²) in [5, 5.41) is 1.05. The zero-order valence-electron chi connectivity index (χ0n) is 18.7. The van der Waals surface area contributed by atoms with Crippen LogP contribution in [0.15, 0.2) is 65.1 Å². The van der Waals surface area contributed by atoms with E-state index in [-0.39, 0.29) is 23.6 Å². The van der Waals surface area contributed by atoms with E-state index in [2.05, 4.69) is 51.6 Å². The molecule has 0 saturated heterocycles. The van der Waals surface area contributed by atoms with Gasteiger partial charge in [0.1, 0.15) is 29.3 Å². The lowest BCUT2D eigenvalue weighted by atomic mass is 9.86. The molecule has 1 saturated carbocycles. The molecular weight excluding hydrogens is 388 g/mol. The highest BCUT2D eigenvalue weighted by Gasteiger charge is 2.47. The molecule has 1 aliphatic carbocycles. The van der Waals surface area contributed by atoms with Gasteiger partial charge in [0.2, 0.25) is 0 Å². The number of fused-ring (bicyclic) bond motifs is 1. The van der Waals surface area contributed by atoms with Crippen LogP contribution in [0.5, 0.6) is 5.75 Å². The van der Waals surface area contributed by atoms with Gasteiger partial charge in [-0.2, -0.15) is 0 Å². The van der Waals surface area contributed by atoms with Gasteiger partial charge in [-0.25, -0.2) is 4.79 Å². The third kappa shape index (κ3) is 4.12. The summed E-state index contributed by atoms with van der Waals surface area (Å²) in [7, 11) is 0. The van der Waals surface area contributed by atoms with E-state index in [0.29, 0.717) is 5.57 Å². The number of aryl methyl sites for hydroxylation is 1. The van der Waals surface area contributed by atoms with Crippen molar-refractivity contribution in [1.82, 2.24) is 0 Å². The van der Waals surface area contributed by atoms with Gasteiger partial charge in [-0.05, 0) is 49.9 Å². The molecule has 1 aromatic heterocycles. The average molecular weight is 419 g/mol. The van der Waals surface area contributed by atoms with E-state index in [1.165, 1.54) is 5.56 Å². The minimum atomic E-state index is -0.337. The van der Waals surface area contributed by atoms with Crippen molar-refractivity contribution in [3.63, 3.8) is 0 Å². The molecular formula is C27H30O4. The van der Waals surface area contributed by atoms with Crippen LogP contribution in [-0.2, 0) is 16.0 Å². The molecule has 31 heavy (non-hydrogen) atoms. The quantitative estimate of drug-likeness (QED) is 0.329. The normalized spacial score (nSPS) is 20.0. The van der Waals surface area contributed by atoms with Crippen LogP contribution in [0, 0.1) is 5.41 Å². The molecule has 0 amide bonds. The Morgan fingerprint density at radius 1 is 1.13 bits per heavy atom. The van der Waals surface area contributed by atoms with Gasteiger partial charge in [-0.3, -0.25) is 0 Å². The largest absolute Gasteiger partial charge is 0.490 e. The van der Waals surface area contributed by atoms with Crippen LogP contribution < -0.4 is 4.74 Å². The first-order chi connectivity index (χ1) is 14.8. The van der Waals surface area contributed by atoms with Crippen LogP contribution in [-0.4, -0.2) is 18.2 Å². The van der Waals surface area contributed by atoms with Crippen LogP contribution in [0.25, 0.3) is 22.3 Å². The Labute approximate surface area is 183 Å². The minimum absolute atomic E-state index is 0.0527. The fraction of sp³-hybridized carbons (Fsp3) is 0.370. The van der Waals surface area contributed by atoms with E-state index in [9.17, 15) is 4.79 Å². The predicted molar refractivity (Wildman–Crippen MR) is 123 cm³/mol. The summed E-state index contributed by atoms with van der Waals surface area (Å²) in [4.78, 5) is 12.0. The van der Waals surface area contributed by atoms with Crippen LogP contribution in [0.4, 0.5) is 0 Å². The lowest BCUT2D eigenvalue weighted by Crippen LogP contribution is -2.38. The highest BCUT2D eigenvalue weighted by molar-refractivity contribution is 5.87. The van der Waals surface area contributed by atoms with E-state index >= 15 is 0 Å². The first kappa shape index (κ1) is 21.2. The zero-order valence-corrected chi connectivity index (χ0v) is 18.7. The molecule has 0 aliphatic heterocycles. The van der Waals surface area contributed by atoms with Crippen molar-refractivity contribution < 1.29 is 18.7 Å². The van der Waals surface area contributed by atoms with E-state index in [1.807, 2.05) is 24.3 Å². The molecule has 0 N–H and O–H groups in total. The second-order valence-electron chi connectivity index (χ2n) is 9.00. The number of furan rings is 1. The molecule has 162 valence electrons. The predicted octanol–water partition coefficient (Wildman–Crippen LogP) is 6.72. The topological polar surface area (TPSA) is 48.7 Å². The van der Waals surface area contributed by atoms with Crippen molar-refractivity contribution in [2.45, 2.75) is 59.2 Å². The summed E-state index contributed by atoms with van der Waals surface area (Å²) in [6, 6.07) is 16.4. The van der Waals surface area contributed by atoms with Crippen molar-refractivity contribution >= 4 is 16.9 Å². The Balaban J connectivity index is 1.54. The number of hydrogen-bond donors (Lipinski definition) is 0. The fourth-order valence-corrected chi connectivity index (χ4v) is 4.36. The smallest absolute Gasteiger partial charge is 0.333 e. The van der Waals surface area contributed by atoms with Gasteiger partial charge in [0.25, 0.3) is 0 Å². The third-order valence-electron chi connectivity index (χ3n) is 6.38. The Morgan fingerprint density at radius 2 is 1.87 bits per heavy atom. The average Bonchev–Trinajstić information content (AvgIpc) is 3.29. The Hall–Kier alpha value is -3.01. The summed E-state index contributed by atoms with van der Waals surface area (Å²) in [5.41, 5.74) is 3.32. The maximum Gasteiger partial charge on any atom is 0.333 e. The second-order valence-corrected chi connectivity index (χ2v) is 9.00. The van der Waals surface area contributed by atoms with Crippen molar-refractivity contribution in [1.29, 1.82) is 0 Å². The number of hydrogen-bond acceptors (Lipinski definition) is 4. The van der Waals surface area contributed by atoms with E-state index in [4.69, 9.17) is 13.9 Å². The molecule has 4 nitrogen and oxygen atoms in total. The van der Waals surface area contributed by atoms with Gasteiger partial charge in [-0.1, -0.05) is 51.6 Å². The Kier molecular flexibility index (Phi) is 5.65. The number of rotatable bonds is 6. The Bertz CT molecular complexity index is 1120. The molecule has 4 heteroatoms. The van der Waals surface area contributed by atoms with Gasteiger partial charge >= 0.3 is 5.97 Å². The fourth-order valence-electron chi connectivity index (χ4n) is 4.36. The van der Waals surface area contributed by atoms with Gasteiger partial charge in [0, 0.05) is 28.0 Å². The third-order valence-corrected chi connectivity index (χ3v) is 6.38. The number of ether oxygens (including phenoxy) is 2. The Morgan fingerprint density at radius 3 is 2.61 bits per heavy atom. The summed E-state index contributed by atoms with van der Waals surface area (Å²) in [6.07, 6.45) is 2.31. The molecule has 2 unspecified atom stereocenters. The van der Waals surface area contributed by atoms with Crippen molar-refractivity contribution in [2.75, 3.05) is 0 Å². The summed E-state index contributed by atoms with van der Waals surface area (Å²) in [5.74, 6) is 1.30. The zero-order chi connectivity index (χ0) is 22.2. The number of carbonyl (C=O) groups excluding carboxylic acids is 1. The monoisotopic (exact) mass is 418 g/mol. The van der Waals surface area contributed by atoms with Gasteiger partial charge in [0.05, 0.1) is 0 Å². The molecule has 2 atom stereocenters. The summed E-state index contributed by atoms with van der Waals surface area (Å²) < 4.78 is 18.2. The molecule has 1 heterocycles. The molecule has 1 fully saturated rings. The molecule has 0 radical (unpaired) electrons. The van der Waals surface area contributed by atoms with Crippen molar-refractivity contribution in [3.05, 3.63) is 66.2 Å². The van der Waals surface area contributed by atoms with Crippen molar-refractivity contribution in [2.24, 2.45) is 5.41 Å². The maximum atomic E-state index is 12.0. The molecule has 0 spiro atoms. The van der Waals surface area contributed by atoms with E-state index in [0.717, 1.165) is 47.3 Å². The molecule has 2 aromatic carbocycles. The van der Waals surface area contributed by atoms with Gasteiger partial charge < -0.3 is 13.9 Å². The SMILES string of the molecule is C=C(C)C(=O)OC1CCC(Oc2ccc3cc(-c4ccccc4CC)oc3c2)C1(C)C. The first-order valence-corrected chi connectivity index (χ1v) is 10.9. The maximum absolute atomic E-state index is 12.0. The van der Waals surface area contributed by atoms with Gasteiger partial charge in [-0.15, -0.1) is 0 Å². The number of esters is 1. The van der Waals surface area contributed by atoms with Crippen molar-refractivity contribution in [3.8, 4) is 17.1 Å². The minimum Gasteiger partial charge on any atom is -0.490 e. The van der Waals surface area contributed by atoms with Crippen LogP contribution >= 0.6 is 0 Å². The number of benzene rings is 2. The summed E-state index contributed by atoms with van der Waals surface area (Å²) in [6.45, 7) is 11.7. The van der Waals surface area contributed by atoms with Crippen LogP contribution in [0.2, 0.25) is 0 Å². The van der Waals surface area contributed by atoms with Crippen LogP contribution in [0.1, 0.15) is 46.1 Å². The molecule has 3 aromatic rings. The summed E-state index contributed by atoms with van der Waals surface area (Å²) >= 11 is 0.